The molecule has 24 heavy (non-hydrogen) atoms. The molecular weight excluding hydrogens is 392 g/mol. The van der Waals surface area contributed by atoms with Gasteiger partial charge in [-0.3, -0.25) is 9.52 Å². The standard InChI is InChI=1S/C17H23BrN2O3S/c1-3-24(22,23)20-14-5-4-13(8-11(14)2)19-16(21)17-7-6-12(10-17)9-15(17)18/h4-5,8,12,15,20H,3,6-7,9-10H2,1-2H3,(H,19,21). The average molecular weight is 415 g/mol. The third-order valence-corrected chi connectivity index (χ3v) is 7.91. The van der Waals surface area contributed by atoms with Gasteiger partial charge in [0, 0.05) is 10.5 Å². The van der Waals surface area contributed by atoms with Crippen LogP contribution in [0.5, 0.6) is 0 Å². The first-order valence-corrected chi connectivity index (χ1v) is 10.9. The van der Waals surface area contributed by atoms with Crippen LogP contribution in [0.25, 0.3) is 0 Å². The van der Waals surface area contributed by atoms with Gasteiger partial charge in [-0.2, -0.15) is 0 Å². The molecule has 7 heteroatoms. The van der Waals surface area contributed by atoms with Gasteiger partial charge in [0.25, 0.3) is 0 Å². The number of aryl methyl sites for hydroxylation is 1. The number of sulfonamides is 1. The van der Waals surface area contributed by atoms with E-state index in [4.69, 9.17) is 0 Å². The van der Waals surface area contributed by atoms with Crippen LogP contribution in [0.3, 0.4) is 0 Å². The second-order valence-corrected chi connectivity index (χ2v) is 10.1. The van der Waals surface area contributed by atoms with E-state index in [1.54, 1.807) is 19.1 Å². The molecule has 0 aliphatic heterocycles. The lowest BCUT2D eigenvalue weighted by atomic mass is 9.83. The number of anilines is 2. The average Bonchev–Trinajstić information content (AvgIpc) is 3.08. The number of benzene rings is 1. The highest BCUT2D eigenvalue weighted by Gasteiger charge is 2.55. The molecule has 1 aromatic rings. The Balaban J connectivity index is 1.74. The quantitative estimate of drug-likeness (QED) is 0.721. The molecule has 1 aromatic carbocycles. The van der Waals surface area contributed by atoms with Crippen LogP contribution in [0.4, 0.5) is 11.4 Å². The largest absolute Gasteiger partial charge is 0.326 e. The molecule has 0 spiro atoms. The normalized spacial score (nSPS) is 28.8. The first-order chi connectivity index (χ1) is 11.3. The van der Waals surface area contributed by atoms with Crippen molar-refractivity contribution in [3.8, 4) is 0 Å². The summed E-state index contributed by atoms with van der Waals surface area (Å²) in [7, 11) is -3.30. The monoisotopic (exact) mass is 414 g/mol. The maximum absolute atomic E-state index is 12.8. The lowest BCUT2D eigenvalue weighted by Gasteiger charge is -2.30. The predicted octanol–water partition coefficient (Wildman–Crippen LogP) is 3.65. The van der Waals surface area contributed by atoms with Gasteiger partial charge in [0.1, 0.15) is 0 Å². The zero-order valence-corrected chi connectivity index (χ0v) is 16.3. The fourth-order valence-corrected chi connectivity index (χ4v) is 5.75. The van der Waals surface area contributed by atoms with Crippen molar-refractivity contribution in [3.05, 3.63) is 23.8 Å². The van der Waals surface area contributed by atoms with E-state index in [0.29, 0.717) is 17.3 Å². The summed E-state index contributed by atoms with van der Waals surface area (Å²) in [6.07, 6.45) is 4.10. The van der Waals surface area contributed by atoms with Crippen molar-refractivity contribution < 1.29 is 13.2 Å². The smallest absolute Gasteiger partial charge is 0.232 e. The van der Waals surface area contributed by atoms with E-state index in [-0.39, 0.29) is 21.9 Å². The fraction of sp³-hybridized carbons (Fsp3) is 0.588. The molecule has 3 rings (SSSR count). The van der Waals surface area contributed by atoms with Crippen LogP contribution in [-0.4, -0.2) is 24.9 Å². The summed E-state index contributed by atoms with van der Waals surface area (Å²) in [5.74, 6) is 0.764. The molecule has 1 amide bonds. The predicted molar refractivity (Wildman–Crippen MR) is 100.0 cm³/mol. The molecule has 0 radical (unpaired) electrons. The zero-order valence-electron chi connectivity index (χ0n) is 13.9. The number of carbonyl (C=O) groups is 1. The van der Waals surface area contributed by atoms with E-state index in [1.165, 1.54) is 0 Å². The molecule has 2 aliphatic rings. The van der Waals surface area contributed by atoms with Gasteiger partial charge >= 0.3 is 0 Å². The number of hydrogen-bond donors (Lipinski definition) is 2. The number of nitrogens with one attached hydrogen (secondary N) is 2. The summed E-state index contributed by atoms with van der Waals surface area (Å²) < 4.78 is 25.9. The Kier molecular flexibility index (Phi) is 4.68. The van der Waals surface area contributed by atoms with Crippen molar-refractivity contribution in [1.29, 1.82) is 0 Å². The molecule has 2 saturated carbocycles. The minimum absolute atomic E-state index is 0.0290. The molecule has 2 bridgehead atoms. The van der Waals surface area contributed by atoms with Crippen molar-refractivity contribution in [1.82, 2.24) is 0 Å². The number of hydrogen-bond acceptors (Lipinski definition) is 3. The Labute approximate surface area is 151 Å². The minimum atomic E-state index is -3.30. The molecule has 2 N–H and O–H groups in total. The van der Waals surface area contributed by atoms with E-state index in [1.807, 2.05) is 13.0 Å². The Morgan fingerprint density at radius 2 is 2.17 bits per heavy atom. The first-order valence-electron chi connectivity index (χ1n) is 8.32. The summed E-state index contributed by atoms with van der Waals surface area (Å²) in [4.78, 5) is 13.1. The maximum Gasteiger partial charge on any atom is 0.232 e. The van der Waals surface area contributed by atoms with Gasteiger partial charge in [-0.1, -0.05) is 15.9 Å². The van der Waals surface area contributed by atoms with Gasteiger partial charge in [0.15, 0.2) is 0 Å². The van der Waals surface area contributed by atoms with E-state index in [0.717, 1.165) is 31.2 Å². The molecule has 132 valence electrons. The second kappa shape index (κ2) is 6.33. The van der Waals surface area contributed by atoms with Crippen molar-refractivity contribution >= 4 is 43.2 Å². The van der Waals surface area contributed by atoms with Gasteiger partial charge < -0.3 is 5.32 Å². The number of carbonyl (C=O) groups excluding carboxylic acids is 1. The van der Waals surface area contributed by atoms with E-state index in [2.05, 4.69) is 26.0 Å². The molecule has 0 aromatic heterocycles. The second-order valence-electron chi connectivity index (χ2n) is 6.96. The molecular formula is C17H23BrN2O3S. The number of rotatable bonds is 5. The number of amides is 1. The summed E-state index contributed by atoms with van der Waals surface area (Å²) in [6.45, 7) is 3.43. The molecule has 2 fully saturated rings. The van der Waals surface area contributed by atoms with Gasteiger partial charge in [0.05, 0.1) is 16.9 Å². The fourth-order valence-electron chi connectivity index (χ4n) is 3.88. The van der Waals surface area contributed by atoms with Crippen LogP contribution in [-0.2, 0) is 14.8 Å². The van der Waals surface area contributed by atoms with Gasteiger partial charge in [-0.25, -0.2) is 8.42 Å². The molecule has 5 nitrogen and oxygen atoms in total. The molecule has 3 atom stereocenters. The van der Waals surface area contributed by atoms with Crippen molar-refractivity contribution in [2.75, 3.05) is 15.8 Å². The Bertz CT molecular complexity index is 765. The third-order valence-electron chi connectivity index (χ3n) is 5.37. The highest BCUT2D eigenvalue weighted by Crippen LogP contribution is 2.57. The summed E-state index contributed by atoms with van der Waals surface area (Å²) in [5.41, 5.74) is 1.75. The van der Waals surface area contributed by atoms with Crippen LogP contribution in [0.2, 0.25) is 0 Å². The van der Waals surface area contributed by atoms with Crippen LogP contribution >= 0.6 is 15.9 Å². The van der Waals surface area contributed by atoms with E-state index in [9.17, 15) is 13.2 Å². The van der Waals surface area contributed by atoms with E-state index >= 15 is 0 Å². The Hall–Kier alpha value is -1.08. The lowest BCUT2D eigenvalue weighted by Crippen LogP contribution is -2.39. The van der Waals surface area contributed by atoms with Crippen LogP contribution in [0, 0.1) is 18.3 Å². The first kappa shape index (κ1) is 17.7. The maximum atomic E-state index is 12.8. The van der Waals surface area contributed by atoms with Crippen molar-refractivity contribution in [3.63, 3.8) is 0 Å². The topological polar surface area (TPSA) is 75.3 Å². The van der Waals surface area contributed by atoms with Gasteiger partial charge in [0.2, 0.25) is 15.9 Å². The molecule has 0 saturated heterocycles. The third kappa shape index (κ3) is 3.20. The SMILES string of the molecule is CCS(=O)(=O)Nc1ccc(NC(=O)C23CCC(CC2Br)C3)cc1C. The van der Waals surface area contributed by atoms with Gasteiger partial charge in [-0.15, -0.1) is 0 Å². The lowest BCUT2D eigenvalue weighted by molar-refractivity contribution is -0.124. The van der Waals surface area contributed by atoms with Gasteiger partial charge in [-0.05, 0) is 69.2 Å². The zero-order chi connectivity index (χ0) is 17.5. The number of halogens is 1. The van der Waals surface area contributed by atoms with Crippen molar-refractivity contribution in [2.24, 2.45) is 11.3 Å². The van der Waals surface area contributed by atoms with Crippen LogP contribution in [0.1, 0.15) is 38.2 Å². The molecule has 2 aliphatic carbocycles. The summed E-state index contributed by atoms with van der Waals surface area (Å²) in [6, 6.07) is 5.26. The highest BCUT2D eigenvalue weighted by molar-refractivity contribution is 9.09. The molecule has 0 heterocycles. The molecule has 3 unspecified atom stereocenters. The Morgan fingerprint density at radius 1 is 1.42 bits per heavy atom. The highest BCUT2D eigenvalue weighted by atomic mass is 79.9. The van der Waals surface area contributed by atoms with Crippen molar-refractivity contribution in [2.45, 2.75) is 44.4 Å². The number of fused-ring (bicyclic) bond motifs is 2. The Morgan fingerprint density at radius 3 is 2.71 bits per heavy atom. The summed E-state index contributed by atoms with van der Waals surface area (Å²) >= 11 is 3.70. The number of alkyl halides is 1. The van der Waals surface area contributed by atoms with Crippen LogP contribution in [0.15, 0.2) is 18.2 Å². The van der Waals surface area contributed by atoms with E-state index < -0.39 is 10.0 Å². The summed E-state index contributed by atoms with van der Waals surface area (Å²) in [5, 5.41) is 3.03. The minimum Gasteiger partial charge on any atom is -0.326 e. The van der Waals surface area contributed by atoms with Crippen LogP contribution < -0.4 is 10.0 Å².